The van der Waals surface area contributed by atoms with Gasteiger partial charge in [0.25, 0.3) is 0 Å². The van der Waals surface area contributed by atoms with Crippen molar-refractivity contribution in [2.45, 2.75) is 50.9 Å². The molecule has 232 valence electrons. The number of benzene rings is 3. The minimum Gasteiger partial charge on any atom is -0.429 e. The van der Waals surface area contributed by atoms with Gasteiger partial charge in [0.15, 0.2) is 6.29 Å². The molecule has 2 aliphatic rings. The molecule has 0 spiro atoms. The molecule has 0 bridgehead atoms. The monoisotopic (exact) mass is 615 g/mol. The van der Waals surface area contributed by atoms with Crippen molar-refractivity contribution >= 4 is 0 Å². The van der Waals surface area contributed by atoms with Gasteiger partial charge < -0.3 is 14.2 Å². The molecule has 0 unspecified atom stereocenters. The SMILES string of the molecule is C=CCCC1CCC(C2COC(c3ccc(-c4cc(F)c(C(F)(F)Oc5ccc(C#N)c(F)c5)c(F)c4)c(F)c3)OC2)CC1. The number of hydrogen-bond donors (Lipinski definition) is 0. The first-order chi connectivity index (χ1) is 21.1. The second-order valence-electron chi connectivity index (χ2n) is 11.3. The summed E-state index contributed by atoms with van der Waals surface area (Å²) in [5.41, 5.74) is -2.31. The fraction of sp³-hybridized carbons (Fsp3) is 0.382. The first kappa shape index (κ1) is 31.6. The van der Waals surface area contributed by atoms with Crippen molar-refractivity contribution in [3.05, 3.63) is 101 Å². The Labute approximate surface area is 251 Å². The Hall–Kier alpha value is -3.81. The van der Waals surface area contributed by atoms with E-state index in [4.69, 9.17) is 14.7 Å². The van der Waals surface area contributed by atoms with Gasteiger partial charge in [0.2, 0.25) is 0 Å². The average molecular weight is 616 g/mol. The molecule has 0 N–H and O–H groups in total. The van der Waals surface area contributed by atoms with E-state index in [1.54, 1.807) is 0 Å². The van der Waals surface area contributed by atoms with Crippen LogP contribution in [0.25, 0.3) is 11.1 Å². The molecule has 0 radical (unpaired) electrons. The molecular formula is C34H31F6NO3. The third-order valence-electron chi connectivity index (χ3n) is 8.48. The molecule has 2 fully saturated rings. The van der Waals surface area contributed by atoms with Crippen molar-refractivity contribution in [3.63, 3.8) is 0 Å². The number of nitrogens with zero attached hydrogens (tertiary/aromatic N) is 1. The lowest BCUT2D eigenvalue weighted by Gasteiger charge is -2.37. The molecule has 0 aromatic heterocycles. The minimum atomic E-state index is -4.55. The second kappa shape index (κ2) is 13.4. The highest BCUT2D eigenvalue weighted by molar-refractivity contribution is 5.65. The van der Waals surface area contributed by atoms with Crippen LogP contribution in [0.1, 0.15) is 61.5 Å². The molecule has 1 saturated heterocycles. The molecule has 1 aliphatic heterocycles. The second-order valence-corrected chi connectivity index (χ2v) is 11.3. The van der Waals surface area contributed by atoms with Gasteiger partial charge in [0.1, 0.15) is 40.7 Å². The number of allylic oxidation sites excluding steroid dienone is 1. The maximum Gasteiger partial charge on any atom is 0.432 e. The van der Waals surface area contributed by atoms with E-state index in [0.717, 1.165) is 43.4 Å². The van der Waals surface area contributed by atoms with Crippen LogP contribution in [0.4, 0.5) is 26.3 Å². The molecule has 44 heavy (non-hydrogen) atoms. The van der Waals surface area contributed by atoms with Crippen LogP contribution in [0, 0.1) is 52.4 Å². The molecule has 3 aromatic rings. The Morgan fingerprint density at radius 2 is 1.55 bits per heavy atom. The highest BCUT2D eigenvalue weighted by atomic mass is 19.3. The van der Waals surface area contributed by atoms with E-state index in [9.17, 15) is 22.0 Å². The molecule has 5 rings (SSSR count). The van der Waals surface area contributed by atoms with Gasteiger partial charge >= 0.3 is 6.11 Å². The van der Waals surface area contributed by atoms with Crippen molar-refractivity contribution in [1.29, 1.82) is 5.26 Å². The highest BCUT2D eigenvalue weighted by Gasteiger charge is 2.41. The molecule has 3 aromatic carbocycles. The van der Waals surface area contributed by atoms with Gasteiger partial charge in [-0.15, -0.1) is 6.58 Å². The molecule has 1 aliphatic carbocycles. The third-order valence-corrected chi connectivity index (χ3v) is 8.48. The summed E-state index contributed by atoms with van der Waals surface area (Å²) in [6.07, 6.45) is 3.39. The molecule has 0 amide bonds. The van der Waals surface area contributed by atoms with Crippen LogP contribution < -0.4 is 4.74 Å². The summed E-state index contributed by atoms with van der Waals surface area (Å²) in [6.45, 7) is 4.74. The van der Waals surface area contributed by atoms with Crippen LogP contribution in [0.15, 0.2) is 61.2 Å². The van der Waals surface area contributed by atoms with Crippen molar-refractivity contribution in [3.8, 4) is 22.9 Å². The third kappa shape index (κ3) is 6.95. The predicted molar refractivity (Wildman–Crippen MR) is 150 cm³/mol. The van der Waals surface area contributed by atoms with Crippen LogP contribution in [-0.4, -0.2) is 13.2 Å². The van der Waals surface area contributed by atoms with Crippen LogP contribution >= 0.6 is 0 Å². The zero-order chi connectivity index (χ0) is 31.4. The van der Waals surface area contributed by atoms with Crippen LogP contribution in [0.2, 0.25) is 0 Å². The molecule has 1 heterocycles. The highest BCUT2D eigenvalue weighted by Crippen LogP contribution is 2.40. The normalized spacial score (nSPS) is 22.3. The number of alkyl halides is 2. The fourth-order valence-corrected chi connectivity index (χ4v) is 6.05. The summed E-state index contributed by atoms with van der Waals surface area (Å²) in [5, 5.41) is 8.77. The maximum absolute atomic E-state index is 15.2. The lowest BCUT2D eigenvalue weighted by Crippen LogP contribution is -2.34. The van der Waals surface area contributed by atoms with Gasteiger partial charge in [0, 0.05) is 23.1 Å². The summed E-state index contributed by atoms with van der Waals surface area (Å²) in [6, 6.07) is 8.82. The Bertz CT molecular complexity index is 1520. The van der Waals surface area contributed by atoms with Crippen molar-refractivity contribution in [2.24, 2.45) is 17.8 Å². The number of halogens is 6. The van der Waals surface area contributed by atoms with Gasteiger partial charge in [-0.2, -0.15) is 14.0 Å². The Balaban J connectivity index is 1.24. The summed E-state index contributed by atoms with van der Waals surface area (Å²) in [4.78, 5) is 0. The van der Waals surface area contributed by atoms with Crippen LogP contribution in [-0.2, 0) is 15.6 Å². The zero-order valence-electron chi connectivity index (χ0n) is 23.8. The van der Waals surface area contributed by atoms with Crippen molar-refractivity contribution < 1.29 is 40.6 Å². The first-order valence-corrected chi connectivity index (χ1v) is 14.5. The Kier molecular flexibility index (Phi) is 9.66. The van der Waals surface area contributed by atoms with E-state index in [2.05, 4.69) is 11.3 Å². The number of rotatable bonds is 9. The summed E-state index contributed by atoms with van der Waals surface area (Å²) < 4.78 is 104. The standard InChI is InChI=1S/C34H31F6NO3/c1-2-3-4-20-5-7-21(8-6-20)25-18-42-33(43-19-25)22-10-12-27(29(36)13-22)24-14-30(37)32(31(38)15-24)34(39,40)44-26-11-9-23(17-41)28(35)16-26/h2,9-16,20-21,25,33H,1,3-8,18-19H2. The van der Waals surface area contributed by atoms with E-state index >= 15 is 4.39 Å². The van der Waals surface area contributed by atoms with E-state index < -0.39 is 52.5 Å². The van der Waals surface area contributed by atoms with Gasteiger partial charge in [0.05, 0.1) is 18.8 Å². The molecule has 0 atom stereocenters. The van der Waals surface area contributed by atoms with E-state index in [0.29, 0.717) is 42.9 Å². The maximum atomic E-state index is 15.2. The number of nitriles is 1. The van der Waals surface area contributed by atoms with E-state index in [1.165, 1.54) is 37.5 Å². The van der Waals surface area contributed by atoms with Gasteiger partial charge in [-0.05, 0) is 73.4 Å². The fourth-order valence-electron chi connectivity index (χ4n) is 6.05. The first-order valence-electron chi connectivity index (χ1n) is 14.5. The van der Waals surface area contributed by atoms with E-state index in [-0.39, 0.29) is 17.0 Å². The summed E-state index contributed by atoms with van der Waals surface area (Å²) in [5.74, 6) is -4.64. The Morgan fingerprint density at radius 3 is 2.14 bits per heavy atom. The molecule has 1 saturated carbocycles. The summed E-state index contributed by atoms with van der Waals surface area (Å²) >= 11 is 0. The predicted octanol–water partition coefficient (Wildman–Crippen LogP) is 9.34. The summed E-state index contributed by atoms with van der Waals surface area (Å²) in [7, 11) is 0. The van der Waals surface area contributed by atoms with Crippen molar-refractivity contribution in [1.82, 2.24) is 0 Å². The zero-order valence-corrected chi connectivity index (χ0v) is 23.8. The number of ether oxygens (including phenoxy) is 3. The number of hydrogen-bond acceptors (Lipinski definition) is 4. The van der Waals surface area contributed by atoms with Gasteiger partial charge in [-0.3, -0.25) is 0 Å². The molecule has 4 nitrogen and oxygen atoms in total. The van der Waals surface area contributed by atoms with Crippen LogP contribution in [0.5, 0.6) is 5.75 Å². The van der Waals surface area contributed by atoms with Gasteiger partial charge in [-0.25, -0.2) is 17.6 Å². The molecular weight excluding hydrogens is 584 g/mol. The van der Waals surface area contributed by atoms with Crippen LogP contribution in [0.3, 0.4) is 0 Å². The lowest BCUT2D eigenvalue weighted by molar-refractivity contribution is -0.214. The average Bonchev–Trinajstić information content (AvgIpc) is 2.99. The smallest absolute Gasteiger partial charge is 0.429 e. The lowest BCUT2D eigenvalue weighted by atomic mass is 9.75. The largest absolute Gasteiger partial charge is 0.432 e. The minimum absolute atomic E-state index is 0.224. The van der Waals surface area contributed by atoms with Gasteiger partial charge in [-0.1, -0.05) is 31.1 Å². The topological polar surface area (TPSA) is 51.5 Å². The quantitative estimate of drug-likeness (QED) is 0.178. The van der Waals surface area contributed by atoms with Crippen molar-refractivity contribution in [2.75, 3.05) is 13.2 Å². The van der Waals surface area contributed by atoms with E-state index in [1.807, 2.05) is 6.08 Å². The Morgan fingerprint density at radius 1 is 0.864 bits per heavy atom. The molecule has 10 heteroatoms.